The molecule has 2 rings (SSSR count). The summed E-state index contributed by atoms with van der Waals surface area (Å²) in [5, 5.41) is 0. The maximum absolute atomic E-state index is 13.6. The molecular weight excluding hydrogens is 282 g/mol. The van der Waals surface area contributed by atoms with Gasteiger partial charge in [0, 0.05) is 38.2 Å². The van der Waals surface area contributed by atoms with E-state index in [-0.39, 0.29) is 11.8 Å². The number of hydrogen-bond acceptors (Lipinski definition) is 3. The summed E-state index contributed by atoms with van der Waals surface area (Å²) in [7, 11) is 0. The third-order valence-corrected chi connectivity index (χ3v) is 4.32. The smallest absolute Gasteiger partial charge is 0.225 e. The Morgan fingerprint density at radius 2 is 1.85 bits per heavy atom. The lowest BCUT2D eigenvalue weighted by Crippen LogP contribution is -2.47. The summed E-state index contributed by atoms with van der Waals surface area (Å²) < 4.78 is 28.4. The standard InChI is InChI=1S/C14H18F2N2OS/c1-10(2)14(19)17-5-7-18(8-6-17)20-13-4-3-11(15)9-12(13)16/h3-4,9-10H,5-8H2,1-2H3. The fourth-order valence-electron chi connectivity index (χ4n) is 2.05. The number of carbonyl (C=O) groups is 1. The molecule has 20 heavy (non-hydrogen) atoms. The van der Waals surface area contributed by atoms with Crippen LogP contribution in [0.15, 0.2) is 23.1 Å². The van der Waals surface area contributed by atoms with Gasteiger partial charge in [0.1, 0.15) is 11.6 Å². The zero-order valence-corrected chi connectivity index (χ0v) is 12.4. The van der Waals surface area contributed by atoms with E-state index in [1.54, 1.807) is 0 Å². The van der Waals surface area contributed by atoms with Gasteiger partial charge in [-0.05, 0) is 24.1 Å². The summed E-state index contributed by atoms with van der Waals surface area (Å²) >= 11 is 1.28. The van der Waals surface area contributed by atoms with Crippen molar-refractivity contribution in [2.24, 2.45) is 5.92 Å². The van der Waals surface area contributed by atoms with Crippen molar-refractivity contribution in [3.05, 3.63) is 29.8 Å². The van der Waals surface area contributed by atoms with Gasteiger partial charge >= 0.3 is 0 Å². The average molecular weight is 300 g/mol. The van der Waals surface area contributed by atoms with Crippen LogP contribution in [0, 0.1) is 17.6 Å². The molecule has 1 amide bonds. The van der Waals surface area contributed by atoms with Gasteiger partial charge in [-0.15, -0.1) is 0 Å². The first-order valence-corrected chi connectivity index (χ1v) is 7.41. The summed E-state index contributed by atoms with van der Waals surface area (Å²) in [6.07, 6.45) is 0. The summed E-state index contributed by atoms with van der Waals surface area (Å²) in [5.41, 5.74) is 0. The minimum atomic E-state index is -0.570. The molecule has 1 aliphatic rings. The van der Waals surface area contributed by atoms with Crippen molar-refractivity contribution in [3.8, 4) is 0 Å². The van der Waals surface area contributed by atoms with Crippen molar-refractivity contribution in [2.45, 2.75) is 18.7 Å². The Balaban J connectivity index is 1.90. The second kappa shape index (κ2) is 6.54. The molecule has 1 saturated heterocycles. The van der Waals surface area contributed by atoms with Gasteiger partial charge in [0.05, 0.1) is 4.90 Å². The van der Waals surface area contributed by atoms with E-state index >= 15 is 0 Å². The molecule has 6 heteroatoms. The first-order chi connectivity index (χ1) is 9.47. The topological polar surface area (TPSA) is 23.6 Å². The molecule has 0 radical (unpaired) electrons. The Labute approximate surface area is 122 Å². The molecule has 1 aromatic carbocycles. The second-order valence-corrected chi connectivity index (χ2v) is 6.21. The first-order valence-electron chi connectivity index (χ1n) is 6.64. The van der Waals surface area contributed by atoms with Crippen LogP contribution in [0.25, 0.3) is 0 Å². The van der Waals surface area contributed by atoms with Crippen molar-refractivity contribution in [1.82, 2.24) is 9.21 Å². The molecule has 0 saturated carbocycles. The summed E-state index contributed by atoms with van der Waals surface area (Å²) in [6, 6.07) is 3.59. The van der Waals surface area contributed by atoms with Crippen LogP contribution in [-0.2, 0) is 4.79 Å². The SMILES string of the molecule is CC(C)C(=O)N1CCN(Sc2ccc(F)cc2F)CC1. The molecule has 1 aromatic rings. The lowest BCUT2D eigenvalue weighted by molar-refractivity contribution is -0.135. The lowest BCUT2D eigenvalue weighted by atomic mass is 10.2. The molecule has 1 fully saturated rings. The average Bonchev–Trinajstić information content (AvgIpc) is 2.42. The van der Waals surface area contributed by atoms with E-state index in [2.05, 4.69) is 0 Å². The highest BCUT2D eigenvalue weighted by Crippen LogP contribution is 2.27. The number of hydrogen-bond donors (Lipinski definition) is 0. The van der Waals surface area contributed by atoms with Gasteiger partial charge in [-0.25, -0.2) is 13.1 Å². The molecule has 1 aliphatic heterocycles. The number of carbonyl (C=O) groups excluding carboxylic acids is 1. The number of amides is 1. The molecular formula is C14H18F2N2OS. The maximum atomic E-state index is 13.6. The normalized spacial score (nSPS) is 16.8. The molecule has 3 nitrogen and oxygen atoms in total. The molecule has 0 aliphatic carbocycles. The van der Waals surface area contributed by atoms with Gasteiger partial charge in [0.2, 0.25) is 5.91 Å². The minimum Gasteiger partial charge on any atom is -0.340 e. The largest absolute Gasteiger partial charge is 0.340 e. The van der Waals surface area contributed by atoms with Gasteiger partial charge < -0.3 is 4.90 Å². The van der Waals surface area contributed by atoms with E-state index in [1.807, 2.05) is 23.1 Å². The molecule has 0 bridgehead atoms. The molecule has 0 unspecified atom stereocenters. The van der Waals surface area contributed by atoms with E-state index in [1.165, 1.54) is 24.1 Å². The molecule has 110 valence electrons. The number of benzene rings is 1. The highest BCUT2D eigenvalue weighted by molar-refractivity contribution is 7.97. The maximum Gasteiger partial charge on any atom is 0.225 e. The Morgan fingerprint density at radius 1 is 1.20 bits per heavy atom. The van der Waals surface area contributed by atoms with Crippen LogP contribution in [0.4, 0.5) is 8.78 Å². The van der Waals surface area contributed by atoms with E-state index in [4.69, 9.17) is 0 Å². The highest BCUT2D eigenvalue weighted by atomic mass is 32.2. The van der Waals surface area contributed by atoms with Crippen LogP contribution in [0.3, 0.4) is 0 Å². The zero-order valence-electron chi connectivity index (χ0n) is 11.6. The molecule has 0 N–H and O–H groups in total. The van der Waals surface area contributed by atoms with Crippen LogP contribution < -0.4 is 0 Å². The summed E-state index contributed by atoms with van der Waals surface area (Å²) in [4.78, 5) is 14.1. The van der Waals surface area contributed by atoms with Crippen molar-refractivity contribution in [2.75, 3.05) is 26.2 Å². The van der Waals surface area contributed by atoms with Crippen LogP contribution in [-0.4, -0.2) is 41.3 Å². The Kier molecular flexibility index (Phi) is 4.99. The minimum absolute atomic E-state index is 0.00347. The fourth-order valence-corrected chi connectivity index (χ4v) is 2.95. The zero-order chi connectivity index (χ0) is 14.7. The second-order valence-electron chi connectivity index (χ2n) is 5.08. The van der Waals surface area contributed by atoms with E-state index in [9.17, 15) is 13.6 Å². The summed E-state index contributed by atoms with van der Waals surface area (Å²) in [5.74, 6) is -0.957. The molecule has 0 atom stereocenters. The number of halogens is 2. The predicted molar refractivity (Wildman–Crippen MR) is 75.2 cm³/mol. The van der Waals surface area contributed by atoms with Gasteiger partial charge in [-0.2, -0.15) is 0 Å². The monoisotopic (exact) mass is 300 g/mol. The van der Waals surface area contributed by atoms with Crippen molar-refractivity contribution in [3.63, 3.8) is 0 Å². The van der Waals surface area contributed by atoms with Gasteiger partial charge in [0.15, 0.2) is 0 Å². The Morgan fingerprint density at radius 3 is 2.40 bits per heavy atom. The van der Waals surface area contributed by atoms with Crippen LogP contribution in [0.1, 0.15) is 13.8 Å². The molecule has 1 heterocycles. The van der Waals surface area contributed by atoms with Crippen LogP contribution >= 0.6 is 11.9 Å². The quantitative estimate of drug-likeness (QED) is 0.802. The molecule has 0 spiro atoms. The van der Waals surface area contributed by atoms with Crippen LogP contribution in [0.5, 0.6) is 0 Å². The highest BCUT2D eigenvalue weighted by Gasteiger charge is 2.23. The van der Waals surface area contributed by atoms with E-state index in [0.717, 1.165) is 6.07 Å². The van der Waals surface area contributed by atoms with E-state index in [0.29, 0.717) is 31.1 Å². The third kappa shape index (κ3) is 3.70. The molecule has 0 aromatic heterocycles. The number of rotatable bonds is 3. The van der Waals surface area contributed by atoms with Crippen molar-refractivity contribution >= 4 is 17.9 Å². The van der Waals surface area contributed by atoms with Crippen molar-refractivity contribution in [1.29, 1.82) is 0 Å². The fraction of sp³-hybridized carbons (Fsp3) is 0.500. The van der Waals surface area contributed by atoms with Crippen LogP contribution in [0.2, 0.25) is 0 Å². The number of nitrogens with zero attached hydrogens (tertiary/aromatic N) is 2. The predicted octanol–water partition coefficient (Wildman–Crippen LogP) is 2.77. The van der Waals surface area contributed by atoms with Crippen molar-refractivity contribution < 1.29 is 13.6 Å². The van der Waals surface area contributed by atoms with Gasteiger partial charge in [-0.3, -0.25) is 4.79 Å². The number of piperazine rings is 1. The van der Waals surface area contributed by atoms with Gasteiger partial charge in [0.25, 0.3) is 0 Å². The Bertz CT molecular complexity index is 488. The lowest BCUT2D eigenvalue weighted by Gasteiger charge is -2.34. The van der Waals surface area contributed by atoms with E-state index < -0.39 is 11.6 Å². The first kappa shape index (κ1) is 15.3. The third-order valence-electron chi connectivity index (χ3n) is 3.17. The Hall–Kier alpha value is -1.14. The van der Waals surface area contributed by atoms with Gasteiger partial charge in [-0.1, -0.05) is 13.8 Å². The summed E-state index contributed by atoms with van der Waals surface area (Å²) in [6.45, 7) is 6.42.